The lowest BCUT2D eigenvalue weighted by Crippen LogP contribution is -2.13. The first-order valence-electron chi connectivity index (χ1n) is 6.35. The van der Waals surface area contributed by atoms with Gasteiger partial charge in [0.1, 0.15) is 10.7 Å². The Morgan fingerprint density at radius 3 is 2.38 bits per heavy atom. The predicted molar refractivity (Wildman–Crippen MR) is 85.8 cm³/mol. The minimum Gasteiger partial charge on any atom is -0.223 e. The molecule has 0 saturated carbocycles. The SMILES string of the molecule is CCSc1cc(C(F)(F)F)nc2c(I)c(C(C)(C)C)nn12. The number of nitrogens with zero attached hydrogens (tertiary/aromatic N) is 3. The van der Waals surface area contributed by atoms with Crippen LogP contribution in [0.5, 0.6) is 0 Å². The maximum Gasteiger partial charge on any atom is 0.433 e. The maximum atomic E-state index is 13.0. The van der Waals surface area contributed by atoms with Crippen molar-refractivity contribution in [3.05, 3.63) is 21.0 Å². The van der Waals surface area contributed by atoms with Crippen LogP contribution in [0.2, 0.25) is 0 Å². The third kappa shape index (κ3) is 3.30. The predicted octanol–water partition coefficient (Wildman–Crippen LogP) is 4.76. The van der Waals surface area contributed by atoms with Crippen molar-refractivity contribution in [3.63, 3.8) is 0 Å². The van der Waals surface area contributed by atoms with Gasteiger partial charge in [-0.3, -0.25) is 0 Å². The molecule has 0 fully saturated rings. The summed E-state index contributed by atoms with van der Waals surface area (Å²) in [6, 6.07) is 1.07. The van der Waals surface area contributed by atoms with E-state index in [0.717, 1.165) is 11.8 Å². The maximum absolute atomic E-state index is 13.0. The number of aromatic nitrogens is 3. The molecule has 0 bridgehead atoms. The Bertz CT molecular complexity index is 674. The van der Waals surface area contributed by atoms with Gasteiger partial charge in [0, 0.05) is 11.5 Å². The molecule has 0 radical (unpaired) electrons. The first-order valence-corrected chi connectivity index (χ1v) is 8.42. The van der Waals surface area contributed by atoms with Gasteiger partial charge in [0.2, 0.25) is 0 Å². The fourth-order valence-corrected chi connectivity index (χ4v) is 3.85. The zero-order valence-corrected chi connectivity index (χ0v) is 15.0. The Balaban J connectivity index is 2.79. The van der Waals surface area contributed by atoms with E-state index in [1.54, 1.807) is 0 Å². The van der Waals surface area contributed by atoms with Gasteiger partial charge in [0.25, 0.3) is 0 Å². The first kappa shape index (κ1) is 16.9. The summed E-state index contributed by atoms with van der Waals surface area (Å²) in [5, 5.41) is 4.95. The fourth-order valence-electron chi connectivity index (χ4n) is 1.84. The topological polar surface area (TPSA) is 30.2 Å². The summed E-state index contributed by atoms with van der Waals surface area (Å²) in [6.07, 6.45) is -4.46. The number of rotatable bonds is 2. The molecule has 8 heteroatoms. The van der Waals surface area contributed by atoms with E-state index in [-0.39, 0.29) is 11.1 Å². The van der Waals surface area contributed by atoms with E-state index >= 15 is 0 Å². The van der Waals surface area contributed by atoms with Crippen LogP contribution in [0.4, 0.5) is 13.2 Å². The average molecular weight is 429 g/mol. The molecule has 0 atom stereocenters. The summed E-state index contributed by atoms with van der Waals surface area (Å²) in [5.41, 5.74) is -0.0973. The van der Waals surface area contributed by atoms with Crippen molar-refractivity contribution in [1.82, 2.24) is 14.6 Å². The lowest BCUT2D eigenvalue weighted by Gasteiger charge is -2.14. The number of hydrogen-bond donors (Lipinski definition) is 0. The number of hydrogen-bond acceptors (Lipinski definition) is 3. The molecule has 0 aliphatic rings. The Labute approximate surface area is 138 Å². The van der Waals surface area contributed by atoms with Crippen molar-refractivity contribution in [3.8, 4) is 0 Å². The molecule has 0 unspecified atom stereocenters. The molecule has 116 valence electrons. The Kier molecular flexibility index (Phi) is 4.50. The minimum absolute atomic E-state index is 0.253. The Morgan fingerprint density at radius 2 is 1.90 bits per heavy atom. The normalized spacial score (nSPS) is 13.1. The van der Waals surface area contributed by atoms with Crippen LogP contribution < -0.4 is 0 Å². The van der Waals surface area contributed by atoms with Gasteiger partial charge in [0.05, 0.1) is 9.26 Å². The molecule has 2 rings (SSSR count). The van der Waals surface area contributed by atoms with E-state index in [1.165, 1.54) is 16.3 Å². The van der Waals surface area contributed by atoms with Crippen LogP contribution in [0, 0.1) is 3.57 Å². The summed E-state index contributed by atoms with van der Waals surface area (Å²) in [7, 11) is 0. The smallest absolute Gasteiger partial charge is 0.223 e. The molecule has 3 nitrogen and oxygen atoms in total. The van der Waals surface area contributed by atoms with Gasteiger partial charge < -0.3 is 0 Å². The highest BCUT2D eigenvalue weighted by Gasteiger charge is 2.35. The molecule has 0 aromatic carbocycles. The van der Waals surface area contributed by atoms with Crippen molar-refractivity contribution >= 4 is 40.0 Å². The average Bonchev–Trinajstić information content (AvgIpc) is 2.66. The molecule has 0 amide bonds. The summed E-state index contributed by atoms with van der Waals surface area (Å²) in [5.74, 6) is 0.664. The van der Waals surface area contributed by atoms with Crippen LogP contribution in [0.25, 0.3) is 5.65 Å². The Hall–Kier alpha value is -0.510. The first-order chi connectivity index (χ1) is 9.55. The number of alkyl halides is 3. The highest BCUT2D eigenvalue weighted by molar-refractivity contribution is 14.1. The van der Waals surface area contributed by atoms with Crippen LogP contribution in [0.3, 0.4) is 0 Å². The highest BCUT2D eigenvalue weighted by atomic mass is 127. The largest absolute Gasteiger partial charge is 0.433 e. The second-order valence-corrected chi connectivity index (χ2v) is 7.92. The van der Waals surface area contributed by atoms with E-state index < -0.39 is 11.9 Å². The molecular formula is C13H15F3IN3S. The van der Waals surface area contributed by atoms with E-state index in [9.17, 15) is 13.2 Å². The fraction of sp³-hybridized carbons (Fsp3) is 0.538. The third-order valence-corrected chi connectivity index (χ3v) is 4.66. The molecule has 21 heavy (non-hydrogen) atoms. The van der Waals surface area contributed by atoms with E-state index in [4.69, 9.17) is 0 Å². The van der Waals surface area contributed by atoms with Crippen LogP contribution in [-0.4, -0.2) is 20.4 Å². The van der Waals surface area contributed by atoms with Crippen molar-refractivity contribution in [2.75, 3.05) is 5.75 Å². The van der Waals surface area contributed by atoms with E-state index in [0.29, 0.717) is 14.3 Å². The van der Waals surface area contributed by atoms with Gasteiger partial charge in [-0.2, -0.15) is 18.3 Å². The van der Waals surface area contributed by atoms with Crippen LogP contribution in [-0.2, 0) is 11.6 Å². The standard InChI is InChI=1S/C13H15F3IN3S/c1-5-21-8-6-7(13(14,15)16)18-11-9(17)10(12(2,3)4)19-20(8)11/h6H,5H2,1-4H3. The molecule has 2 heterocycles. The van der Waals surface area contributed by atoms with Gasteiger partial charge in [0.15, 0.2) is 5.65 Å². The van der Waals surface area contributed by atoms with Gasteiger partial charge in [-0.1, -0.05) is 27.7 Å². The molecule has 0 N–H and O–H groups in total. The summed E-state index contributed by atoms with van der Waals surface area (Å²) >= 11 is 3.35. The number of thioether (sulfide) groups is 1. The minimum atomic E-state index is -4.46. The van der Waals surface area contributed by atoms with Crippen LogP contribution in [0.15, 0.2) is 11.1 Å². The molecule has 0 spiro atoms. The third-order valence-electron chi connectivity index (χ3n) is 2.79. The number of halogens is 4. The van der Waals surface area contributed by atoms with Crippen LogP contribution in [0.1, 0.15) is 39.1 Å². The second kappa shape index (κ2) is 5.60. The van der Waals surface area contributed by atoms with E-state index in [2.05, 4.69) is 10.1 Å². The van der Waals surface area contributed by atoms with Gasteiger partial charge in [-0.25, -0.2) is 9.50 Å². The summed E-state index contributed by atoms with van der Waals surface area (Å²) in [4.78, 5) is 3.78. The quantitative estimate of drug-likeness (QED) is 0.392. The Morgan fingerprint density at radius 1 is 1.29 bits per heavy atom. The molecular weight excluding hydrogens is 414 g/mol. The molecule has 0 aliphatic heterocycles. The lowest BCUT2D eigenvalue weighted by molar-refractivity contribution is -0.141. The highest BCUT2D eigenvalue weighted by Crippen LogP contribution is 2.34. The van der Waals surface area contributed by atoms with Crippen molar-refractivity contribution < 1.29 is 13.2 Å². The van der Waals surface area contributed by atoms with Crippen LogP contribution >= 0.6 is 34.4 Å². The zero-order valence-electron chi connectivity index (χ0n) is 12.0. The second-order valence-electron chi connectivity index (χ2n) is 5.56. The summed E-state index contributed by atoms with van der Waals surface area (Å²) in [6.45, 7) is 7.83. The van der Waals surface area contributed by atoms with Gasteiger partial charge >= 0.3 is 6.18 Å². The molecule has 0 saturated heterocycles. The van der Waals surface area contributed by atoms with E-state index in [1.807, 2.05) is 50.3 Å². The molecule has 2 aromatic rings. The monoisotopic (exact) mass is 429 g/mol. The molecule has 0 aliphatic carbocycles. The van der Waals surface area contributed by atoms with Crippen molar-refractivity contribution in [1.29, 1.82) is 0 Å². The van der Waals surface area contributed by atoms with Gasteiger partial charge in [-0.15, -0.1) is 11.8 Å². The lowest BCUT2D eigenvalue weighted by atomic mass is 9.93. The summed E-state index contributed by atoms with van der Waals surface area (Å²) < 4.78 is 41.2. The van der Waals surface area contributed by atoms with Crippen molar-refractivity contribution in [2.24, 2.45) is 0 Å². The van der Waals surface area contributed by atoms with Crippen molar-refractivity contribution in [2.45, 2.75) is 44.3 Å². The molecule has 2 aromatic heterocycles. The van der Waals surface area contributed by atoms with Gasteiger partial charge in [-0.05, 0) is 28.3 Å². The number of fused-ring (bicyclic) bond motifs is 1. The zero-order chi connectivity index (χ0) is 16.0.